The highest BCUT2D eigenvalue weighted by Crippen LogP contribution is 2.28. The molecule has 0 saturated heterocycles. The van der Waals surface area contributed by atoms with Crippen LogP contribution in [0.1, 0.15) is 21.5 Å². The van der Waals surface area contributed by atoms with Crippen LogP contribution in [0.2, 0.25) is 0 Å². The third-order valence-corrected chi connectivity index (χ3v) is 5.32. The van der Waals surface area contributed by atoms with Crippen molar-refractivity contribution in [2.75, 3.05) is 16.4 Å². The molecule has 3 rings (SSSR count). The van der Waals surface area contributed by atoms with Crippen LogP contribution in [0.3, 0.4) is 0 Å². The number of rotatable bonds is 6. The zero-order valence-electron chi connectivity index (χ0n) is 16.2. The summed E-state index contributed by atoms with van der Waals surface area (Å²) in [6.45, 7) is 3.86. The minimum absolute atomic E-state index is 0.115. The monoisotopic (exact) mass is 406 g/mol. The van der Waals surface area contributed by atoms with Gasteiger partial charge in [0.1, 0.15) is 5.75 Å². The highest BCUT2D eigenvalue weighted by molar-refractivity contribution is 8.00. The van der Waals surface area contributed by atoms with E-state index < -0.39 is 0 Å². The van der Waals surface area contributed by atoms with Crippen molar-refractivity contribution in [3.05, 3.63) is 83.4 Å². The number of thioether (sulfide) groups is 1. The second-order valence-corrected chi connectivity index (χ2v) is 7.70. The number of hydrogen-bond acceptors (Lipinski definition) is 4. The molecule has 3 aromatic rings. The third-order valence-electron chi connectivity index (χ3n) is 4.31. The Labute approximate surface area is 174 Å². The number of carbonyl (C=O) groups excluding carboxylic acids is 2. The number of aromatic hydroxyl groups is 1. The van der Waals surface area contributed by atoms with E-state index in [0.717, 1.165) is 10.5 Å². The first kappa shape index (κ1) is 20.5. The Morgan fingerprint density at radius 2 is 1.66 bits per heavy atom. The largest absolute Gasteiger partial charge is 0.506 e. The zero-order valence-corrected chi connectivity index (χ0v) is 17.0. The SMILES string of the molecule is Cc1ccc(SCC(=O)Nc2ccc(NC(=O)c3ccccc3C)c(O)c2)cc1. The second kappa shape index (κ2) is 9.30. The molecular formula is C23H22N2O3S. The van der Waals surface area contributed by atoms with Crippen molar-refractivity contribution in [3.63, 3.8) is 0 Å². The highest BCUT2D eigenvalue weighted by Gasteiger charge is 2.12. The number of amides is 2. The summed E-state index contributed by atoms with van der Waals surface area (Å²) < 4.78 is 0. The van der Waals surface area contributed by atoms with Crippen LogP contribution in [0.5, 0.6) is 5.75 Å². The van der Waals surface area contributed by atoms with E-state index in [1.54, 1.807) is 24.3 Å². The van der Waals surface area contributed by atoms with Crippen LogP contribution in [-0.2, 0) is 4.79 Å². The standard InChI is InChI=1S/C23H22N2O3S/c1-15-7-10-18(11-8-15)29-14-22(27)24-17-9-12-20(21(26)13-17)25-23(28)19-6-4-3-5-16(19)2/h3-13,26H,14H2,1-2H3,(H,24,27)(H,25,28). The number of phenols is 1. The van der Waals surface area contributed by atoms with Gasteiger partial charge >= 0.3 is 0 Å². The van der Waals surface area contributed by atoms with Crippen molar-refractivity contribution in [1.82, 2.24) is 0 Å². The summed E-state index contributed by atoms with van der Waals surface area (Å²) in [6, 6.07) is 19.8. The Balaban J connectivity index is 1.58. The minimum Gasteiger partial charge on any atom is -0.506 e. The Morgan fingerprint density at radius 3 is 2.34 bits per heavy atom. The van der Waals surface area contributed by atoms with Gasteiger partial charge in [0.05, 0.1) is 11.4 Å². The van der Waals surface area contributed by atoms with Crippen LogP contribution >= 0.6 is 11.8 Å². The normalized spacial score (nSPS) is 10.4. The zero-order chi connectivity index (χ0) is 20.8. The molecule has 0 aliphatic heterocycles. The number of nitrogens with one attached hydrogen (secondary N) is 2. The molecular weight excluding hydrogens is 384 g/mol. The van der Waals surface area contributed by atoms with Gasteiger partial charge in [0.15, 0.2) is 0 Å². The molecule has 3 aromatic carbocycles. The number of hydrogen-bond donors (Lipinski definition) is 3. The molecule has 2 amide bonds. The number of anilines is 2. The highest BCUT2D eigenvalue weighted by atomic mass is 32.2. The number of aryl methyl sites for hydroxylation is 2. The Kier molecular flexibility index (Phi) is 6.57. The summed E-state index contributed by atoms with van der Waals surface area (Å²) in [5.41, 5.74) is 3.30. The number of carbonyl (C=O) groups is 2. The van der Waals surface area contributed by atoms with Crippen LogP contribution < -0.4 is 10.6 Å². The van der Waals surface area contributed by atoms with Crippen molar-refractivity contribution >= 4 is 35.0 Å². The lowest BCUT2D eigenvalue weighted by Crippen LogP contribution is -2.15. The summed E-state index contributed by atoms with van der Waals surface area (Å²) in [5.74, 6) is -0.331. The minimum atomic E-state index is -0.301. The summed E-state index contributed by atoms with van der Waals surface area (Å²) in [4.78, 5) is 25.6. The molecule has 0 aliphatic rings. The fraction of sp³-hybridized carbons (Fsp3) is 0.130. The van der Waals surface area contributed by atoms with Gasteiger partial charge < -0.3 is 15.7 Å². The maximum absolute atomic E-state index is 12.4. The topological polar surface area (TPSA) is 78.4 Å². The van der Waals surface area contributed by atoms with E-state index in [-0.39, 0.29) is 29.0 Å². The van der Waals surface area contributed by atoms with E-state index in [9.17, 15) is 14.7 Å². The molecule has 0 radical (unpaired) electrons. The Bertz CT molecular complexity index is 1030. The van der Waals surface area contributed by atoms with Gasteiger partial charge in [-0.1, -0.05) is 35.9 Å². The van der Waals surface area contributed by atoms with Crippen LogP contribution in [0.15, 0.2) is 71.6 Å². The molecule has 0 spiro atoms. The average molecular weight is 407 g/mol. The van der Waals surface area contributed by atoms with Crippen molar-refractivity contribution in [2.24, 2.45) is 0 Å². The first-order chi connectivity index (χ1) is 13.9. The van der Waals surface area contributed by atoms with Gasteiger partial charge in [0.25, 0.3) is 5.91 Å². The van der Waals surface area contributed by atoms with Gasteiger partial charge in [0, 0.05) is 22.2 Å². The lowest BCUT2D eigenvalue weighted by atomic mass is 10.1. The van der Waals surface area contributed by atoms with Gasteiger partial charge in [-0.2, -0.15) is 0 Å². The Hall–Kier alpha value is -3.25. The predicted octanol–water partition coefficient (Wildman–Crippen LogP) is 4.99. The van der Waals surface area contributed by atoms with Crippen molar-refractivity contribution in [2.45, 2.75) is 18.7 Å². The molecule has 0 aromatic heterocycles. The molecule has 0 aliphatic carbocycles. The lowest BCUT2D eigenvalue weighted by molar-refractivity contribution is -0.113. The van der Waals surface area contributed by atoms with E-state index in [0.29, 0.717) is 11.3 Å². The van der Waals surface area contributed by atoms with E-state index in [1.165, 1.54) is 23.4 Å². The average Bonchev–Trinajstić information content (AvgIpc) is 2.70. The number of phenolic OH excluding ortho intramolecular Hbond substituents is 1. The number of benzene rings is 3. The molecule has 0 bridgehead atoms. The molecule has 0 fully saturated rings. The summed E-state index contributed by atoms with van der Waals surface area (Å²) >= 11 is 1.44. The molecule has 3 N–H and O–H groups in total. The summed E-state index contributed by atoms with van der Waals surface area (Å²) in [6.07, 6.45) is 0. The van der Waals surface area contributed by atoms with Crippen LogP contribution in [0.4, 0.5) is 11.4 Å². The molecule has 0 atom stereocenters. The smallest absolute Gasteiger partial charge is 0.256 e. The molecule has 148 valence electrons. The van der Waals surface area contributed by atoms with Crippen molar-refractivity contribution < 1.29 is 14.7 Å². The first-order valence-electron chi connectivity index (χ1n) is 9.11. The third kappa shape index (κ3) is 5.62. The predicted molar refractivity (Wildman–Crippen MR) is 118 cm³/mol. The van der Waals surface area contributed by atoms with Gasteiger partial charge in [-0.25, -0.2) is 0 Å². The van der Waals surface area contributed by atoms with Crippen molar-refractivity contribution in [1.29, 1.82) is 0 Å². The quantitative estimate of drug-likeness (QED) is 0.398. The van der Waals surface area contributed by atoms with Gasteiger partial charge in [-0.15, -0.1) is 11.8 Å². The molecule has 0 unspecified atom stereocenters. The van der Waals surface area contributed by atoms with Crippen LogP contribution in [0.25, 0.3) is 0 Å². The van der Waals surface area contributed by atoms with Gasteiger partial charge in [-0.05, 0) is 49.7 Å². The van der Waals surface area contributed by atoms with Crippen LogP contribution in [-0.4, -0.2) is 22.7 Å². The molecule has 5 nitrogen and oxygen atoms in total. The van der Waals surface area contributed by atoms with Crippen LogP contribution in [0, 0.1) is 13.8 Å². The maximum Gasteiger partial charge on any atom is 0.256 e. The summed E-state index contributed by atoms with van der Waals surface area (Å²) in [5, 5.41) is 15.7. The summed E-state index contributed by atoms with van der Waals surface area (Å²) in [7, 11) is 0. The second-order valence-electron chi connectivity index (χ2n) is 6.65. The fourth-order valence-corrected chi connectivity index (χ4v) is 3.41. The van der Waals surface area contributed by atoms with E-state index in [4.69, 9.17) is 0 Å². The lowest BCUT2D eigenvalue weighted by Gasteiger charge is -2.11. The molecule has 0 heterocycles. The Morgan fingerprint density at radius 1 is 0.931 bits per heavy atom. The van der Waals surface area contributed by atoms with Crippen molar-refractivity contribution in [3.8, 4) is 5.75 Å². The van der Waals surface area contributed by atoms with E-state index in [2.05, 4.69) is 10.6 Å². The maximum atomic E-state index is 12.4. The first-order valence-corrected chi connectivity index (χ1v) is 10.1. The van der Waals surface area contributed by atoms with E-state index in [1.807, 2.05) is 50.2 Å². The van der Waals surface area contributed by atoms with Gasteiger partial charge in [0.2, 0.25) is 5.91 Å². The molecule has 29 heavy (non-hydrogen) atoms. The molecule has 6 heteroatoms. The fourth-order valence-electron chi connectivity index (χ4n) is 2.71. The van der Waals surface area contributed by atoms with E-state index >= 15 is 0 Å². The van der Waals surface area contributed by atoms with Gasteiger partial charge in [-0.3, -0.25) is 9.59 Å². The molecule has 0 saturated carbocycles.